The fourth-order valence-corrected chi connectivity index (χ4v) is 3.88. The van der Waals surface area contributed by atoms with Crippen molar-refractivity contribution >= 4 is 60.2 Å². The summed E-state index contributed by atoms with van der Waals surface area (Å²) in [6.07, 6.45) is 13.8. The van der Waals surface area contributed by atoms with E-state index in [1.54, 1.807) is 21.8 Å². The summed E-state index contributed by atoms with van der Waals surface area (Å²) in [5, 5.41) is 16.5. The summed E-state index contributed by atoms with van der Waals surface area (Å²) in [5.41, 5.74) is 5.50. The molecule has 4 heterocycles. The van der Waals surface area contributed by atoms with Gasteiger partial charge in [0.1, 0.15) is 0 Å². The molecular formula is C28H30Cl4N10Pd2. The van der Waals surface area contributed by atoms with E-state index in [9.17, 15) is 0 Å². The summed E-state index contributed by atoms with van der Waals surface area (Å²) in [6.45, 7) is 4.33. The summed E-state index contributed by atoms with van der Waals surface area (Å²) < 4.78 is 3.37. The number of unbranched alkanes of at least 4 members (excludes halogenated alkanes) is 2. The van der Waals surface area contributed by atoms with E-state index in [4.69, 9.17) is 38.1 Å². The number of aryl methyl sites for hydroxylation is 2. The molecule has 0 spiro atoms. The summed E-state index contributed by atoms with van der Waals surface area (Å²) in [5.74, 6) is 1.41. The molecule has 0 saturated carbocycles. The van der Waals surface area contributed by atoms with Gasteiger partial charge in [-0.1, -0.05) is 61.4 Å². The van der Waals surface area contributed by atoms with E-state index in [1.165, 1.54) is 0 Å². The summed E-state index contributed by atoms with van der Waals surface area (Å²) in [7, 11) is 19.3. The van der Waals surface area contributed by atoms with Gasteiger partial charge in [-0.15, -0.1) is 10.2 Å². The number of benzene rings is 2. The van der Waals surface area contributed by atoms with Gasteiger partial charge in [-0.2, -0.15) is 0 Å². The monoisotopic (exact) mass is 858 g/mol. The van der Waals surface area contributed by atoms with Crippen LogP contribution < -0.4 is 0 Å². The Kier molecular flexibility index (Phi) is 17.2. The normalized spacial score (nSPS) is 10.5. The molecule has 240 valence electrons. The number of fused-ring (bicyclic) bond motifs is 2. The topological polar surface area (TPSA) is 113 Å². The second-order valence-corrected chi connectivity index (χ2v) is 13.8. The van der Waals surface area contributed by atoms with Crippen molar-refractivity contribution in [2.24, 2.45) is 0 Å². The van der Waals surface area contributed by atoms with Gasteiger partial charge in [0, 0.05) is 0 Å². The minimum absolute atomic E-state index is 0.106. The molecule has 6 rings (SSSR count). The van der Waals surface area contributed by atoms with Crippen LogP contribution in [-0.4, -0.2) is 49.9 Å². The first-order valence-corrected chi connectivity index (χ1v) is 21.5. The molecule has 0 aliphatic rings. The number of nitrogens with zero attached hydrogens (tertiary/aromatic N) is 10. The Labute approximate surface area is 288 Å². The second kappa shape index (κ2) is 20.8. The maximum absolute atomic E-state index is 4.81. The molecule has 6 aromatic rings. The molecule has 4 aromatic heterocycles. The molecule has 0 fully saturated rings. The van der Waals surface area contributed by atoms with E-state index in [0.29, 0.717) is 11.6 Å². The first-order valence-electron chi connectivity index (χ1n) is 13.5. The van der Waals surface area contributed by atoms with Crippen LogP contribution in [0, 0.1) is 0 Å². The molecule has 0 bridgehead atoms. The minimum atomic E-state index is -0.106. The zero-order chi connectivity index (χ0) is 31.6. The SMILES string of the molecule is CCCCc1cn(-c2cnc3ccccc3n2)nn1.CCCCc1cn(-c2cnc3ccccc3n2)nn1.[Cl][Pd][Cl].[Cl][Pd][Cl]. The van der Waals surface area contributed by atoms with E-state index in [2.05, 4.69) is 54.4 Å². The maximum atomic E-state index is 4.81. The molecule has 2 aromatic carbocycles. The van der Waals surface area contributed by atoms with E-state index in [-0.39, 0.29) is 31.9 Å². The first kappa shape index (κ1) is 36.4. The van der Waals surface area contributed by atoms with E-state index in [0.717, 1.165) is 72.0 Å². The third kappa shape index (κ3) is 11.7. The van der Waals surface area contributed by atoms with Crippen molar-refractivity contribution in [1.82, 2.24) is 49.9 Å². The molecule has 0 aliphatic heterocycles. The Balaban J connectivity index is 0.000000204. The third-order valence-corrected chi connectivity index (χ3v) is 6.00. The van der Waals surface area contributed by atoms with Crippen LogP contribution in [0.3, 0.4) is 0 Å². The van der Waals surface area contributed by atoms with E-state index < -0.39 is 0 Å². The summed E-state index contributed by atoms with van der Waals surface area (Å²) >= 11 is -0.211. The number of hydrogen-bond acceptors (Lipinski definition) is 8. The van der Waals surface area contributed by atoms with Gasteiger partial charge in [-0.05, 0) is 49.9 Å². The molecular weight excluding hydrogens is 831 g/mol. The van der Waals surface area contributed by atoms with Gasteiger partial charge in [-0.25, -0.2) is 19.3 Å². The zero-order valence-corrected chi connectivity index (χ0v) is 29.9. The van der Waals surface area contributed by atoms with Gasteiger partial charge >= 0.3 is 70.0 Å². The quantitative estimate of drug-likeness (QED) is 0.142. The predicted molar refractivity (Wildman–Crippen MR) is 170 cm³/mol. The molecule has 10 nitrogen and oxygen atoms in total. The number of para-hydroxylation sites is 4. The molecule has 0 N–H and O–H groups in total. The molecule has 16 heteroatoms. The first-order chi connectivity index (χ1) is 21.6. The number of hydrogen-bond donors (Lipinski definition) is 0. The molecule has 0 aliphatic carbocycles. The third-order valence-electron chi connectivity index (χ3n) is 6.00. The molecule has 0 amide bonds. The van der Waals surface area contributed by atoms with Crippen LogP contribution in [0.15, 0.2) is 73.3 Å². The number of rotatable bonds is 8. The van der Waals surface area contributed by atoms with E-state index in [1.807, 2.05) is 60.9 Å². The Morgan fingerprint density at radius 1 is 0.591 bits per heavy atom. The predicted octanol–water partition coefficient (Wildman–Crippen LogP) is 7.86. The van der Waals surface area contributed by atoms with Crippen molar-refractivity contribution in [1.29, 1.82) is 0 Å². The molecule has 0 radical (unpaired) electrons. The van der Waals surface area contributed by atoms with Gasteiger partial charge in [-0.3, -0.25) is 9.97 Å². The fourth-order valence-electron chi connectivity index (χ4n) is 3.88. The Morgan fingerprint density at radius 2 is 0.955 bits per heavy atom. The Bertz CT molecular complexity index is 1560. The average molecular weight is 861 g/mol. The number of aromatic nitrogens is 10. The number of halogens is 4. The Hall–Kier alpha value is -2.12. The fraction of sp³-hybridized carbons (Fsp3) is 0.286. The van der Waals surface area contributed by atoms with Crippen LogP contribution >= 0.6 is 38.1 Å². The van der Waals surface area contributed by atoms with Crippen molar-refractivity contribution < 1.29 is 31.9 Å². The Morgan fingerprint density at radius 3 is 1.32 bits per heavy atom. The van der Waals surface area contributed by atoms with Crippen LogP contribution in [0.5, 0.6) is 0 Å². The van der Waals surface area contributed by atoms with Gasteiger partial charge in [0.2, 0.25) is 0 Å². The van der Waals surface area contributed by atoms with Crippen molar-refractivity contribution in [3.8, 4) is 11.6 Å². The molecule has 0 unspecified atom stereocenters. The summed E-state index contributed by atoms with van der Waals surface area (Å²) in [6, 6.07) is 15.6. The van der Waals surface area contributed by atoms with Crippen LogP contribution in [0.1, 0.15) is 50.9 Å². The summed E-state index contributed by atoms with van der Waals surface area (Å²) in [4.78, 5) is 17.8. The second-order valence-electron chi connectivity index (χ2n) is 9.04. The van der Waals surface area contributed by atoms with Crippen molar-refractivity contribution in [2.45, 2.75) is 52.4 Å². The molecule has 44 heavy (non-hydrogen) atoms. The standard InChI is InChI=1S/2C14H15N5.4ClH.2Pd/c2*1-2-3-6-11-10-19(18-17-11)14-9-15-12-7-4-5-8-13(12)16-14;;;;;;/h2*4-5,7-10H,2-3,6H2,1H3;4*1H;;/q;;;;;;2*+2/p-4. The van der Waals surface area contributed by atoms with Gasteiger partial charge in [0.05, 0.1) is 58.2 Å². The van der Waals surface area contributed by atoms with E-state index >= 15 is 0 Å². The van der Waals surface area contributed by atoms with Crippen molar-refractivity contribution in [3.05, 3.63) is 84.7 Å². The van der Waals surface area contributed by atoms with Crippen LogP contribution in [-0.2, 0) is 44.7 Å². The van der Waals surface area contributed by atoms with Crippen molar-refractivity contribution in [3.63, 3.8) is 0 Å². The molecule has 0 saturated heterocycles. The molecule has 0 atom stereocenters. The zero-order valence-electron chi connectivity index (χ0n) is 23.8. The van der Waals surface area contributed by atoms with Gasteiger partial charge in [0.25, 0.3) is 0 Å². The van der Waals surface area contributed by atoms with Crippen molar-refractivity contribution in [2.75, 3.05) is 0 Å². The average Bonchev–Trinajstić information content (AvgIpc) is 3.74. The van der Waals surface area contributed by atoms with Crippen LogP contribution in [0.2, 0.25) is 0 Å². The van der Waals surface area contributed by atoms with Gasteiger partial charge < -0.3 is 0 Å². The van der Waals surface area contributed by atoms with Crippen LogP contribution in [0.4, 0.5) is 0 Å². The van der Waals surface area contributed by atoms with Gasteiger partial charge in [0.15, 0.2) is 11.6 Å². The van der Waals surface area contributed by atoms with Crippen LogP contribution in [0.25, 0.3) is 33.7 Å².